The Labute approximate surface area is 113 Å². The topological polar surface area (TPSA) is 72.9 Å². The average molecular weight is 271 g/mol. The Kier molecular flexibility index (Phi) is 6.32. The van der Waals surface area contributed by atoms with Crippen LogP contribution in [0.3, 0.4) is 0 Å². The summed E-state index contributed by atoms with van der Waals surface area (Å²) in [5.74, 6) is -0.993. The molecule has 0 spiro atoms. The summed E-state index contributed by atoms with van der Waals surface area (Å²) in [5.41, 5.74) is 0. The molecule has 1 saturated heterocycles. The highest BCUT2D eigenvalue weighted by atomic mass is 16.5. The second kappa shape index (κ2) is 7.76. The summed E-state index contributed by atoms with van der Waals surface area (Å²) in [4.78, 5) is 36.2. The molecule has 6 heteroatoms. The number of piperidine rings is 1. The number of carbonyl (C=O) groups is 3. The van der Waals surface area contributed by atoms with Gasteiger partial charge in [-0.25, -0.2) is 0 Å². The number of esters is 2. The molecule has 108 valence electrons. The first-order chi connectivity index (χ1) is 9.08. The van der Waals surface area contributed by atoms with Gasteiger partial charge >= 0.3 is 11.9 Å². The van der Waals surface area contributed by atoms with Gasteiger partial charge < -0.3 is 14.4 Å². The minimum absolute atomic E-state index is 0.0893. The molecule has 0 aromatic carbocycles. The predicted octanol–water partition coefficient (Wildman–Crippen LogP) is 0.741. The van der Waals surface area contributed by atoms with E-state index in [4.69, 9.17) is 9.47 Å². The number of ether oxygens (including phenoxy) is 2. The summed E-state index contributed by atoms with van der Waals surface area (Å²) in [6.45, 7) is 3.07. The van der Waals surface area contributed by atoms with Crippen LogP contribution in [0.4, 0.5) is 0 Å². The van der Waals surface area contributed by atoms with Crippen LogP contribution in [0.25, 0.3) is 0 Å². The third kappa shape index (κ3) is 4.89. The molecule has 0 N–H and O–H groups in total. The van der Waals surface area contributed by atoms with Crippen molar-refractivity contribution in [3.05, 3.63) is 0 Å². The normalized spacial score (nSPS) is 18.8. The number of hydrogen-bond acceptors (Lipinski definition) is 5. The summed E-state index contributed by atoms with van der Waals surface area (Å²) in [6.07, 6.45) is 1.75. The van der Waals surface area contributed by atoms with Crippen LogP contribution >= 0.6 is 0 Å². The van der Waals surface area contributed by atoms with Crippen molar-refractivity contribution in [3.8, 4) is 0 Å². The fourth-order valence-electron chi connectivity index (χ4n) is 2.16. The smallest absolute Gasteiger partial charge is 0.310 e. The van der Waals surface area contributed by atoms with E-state index in [0.29, 0.717) is 19.7 Å². The van der Waals surface area contributed by atoms with Crippen molar-refractivity contribution in [3.63, 3.8) is 0 Å². The highest BCUT2D eigenvalue weighted by molar-refractivity contribution is 5.82. The second-order valence-electron chi connectivity index (χ2n) is 4.51. The highest BCUT2D eigenvalue weighted by Crippen LogP contribution is 2.18. The average Bonchev–Trinajstić information content (AvgIpc) is 2.44. The first kappa shape index (κ1) is 15.5. The van der Waals surface area contributed by atoms with Crippen LogP contribution in [-0.2, 0) is 23.9 Å². The molecule has 0 aromatic rings. The van der Waals surface area contributed by atoms with Gasteiger partial charge in [-0.05, 0) is 19.8 Å². The molecule has 0 aliphatic carbocycles. The molecule has 0 aromatic heterocycles. The van der Waals surface area contributed by atoms with Crippen LogP contribution in [0.2, 0.25) is 0 Å². The monoisotopic (exact) mass is 271 g/mol. The van der Waals surface area contributed by atoms with Crippen molar-refractivity contribution in [2.24, 2.45) is 5.92 Å². The minimum atomic E-state index is -0.364. The van der Waals surface area contributed by atoms with Crippen molar-refractivity contribution < 1.29 is 23.9 Å². The van der Waals surface area contributed by atoms with Gasteiger partial charge in [-0.2, -0.15) is 0 Å². The van der Waals surface area contributed by atoms with Crippen molar-refractivity contribution in [2.75, 3.05) is 26.8 Å². The molecule has 6 nitrogen and oxygen atoms in total. The van der Waals surface area contributed by atoms with Gasteiger partial charge in [0, 0.05) is 19.5 Å². The summed E-state index contributed by atoms with van der Waals surface area (Å²) in [6, 6.07) is 0. The highest BCUT2D eigenvalue weighted by Gasteiger charge is 2.28. The van der Waals surface area contributed by atoms with Crippen molar-refractivity contribution >= 4 is 17.8 Å². The van der Waals surface area contributed by atoms with Crippen LogP contribution in [0.1, 0.15) is 32.6 Å². The molecule has 0 radical (unpaired) electrons. The third-order valence-corrected chi connectivity index (χ3v) is 3.16. The van der Waals surface area contributed by atoms with Gasteiger partial charge in [-0.15, -0.1) is 0 Å². The standard InChI is InChI=1S/C13H21NO5/c1-3-19-12(16)7-6-11(15)14-8-4-5-10(9-14)13(17)18-2/h10H,3-9H2,1-2H3. The molecule has 1 fully saturated rings. The van der Waals surface area contributed by atoms with Crippen LogP contribution in [-0.4, -0.2) is 49.6 Å². The summed E-state index contributed by atoms with van der Waals surface area (Å²) >= 11 is 0. The Hall–Kier alpha value is -1.59. The van der Waals surface area contributed by atoms with Gasteiger partial charge in [0.15, 0.2) is 0 Å². The van der Waals surface area contributed by atoms with Gasteiger partial charge in [0.25, 0.3) is 0 Å². The summed E-state index contributed by atoms with van der Waals surface area (Å²) < 4.78 is 9.47. The zero-order valence-corrected chi connectivity index (χ0v) is 11.5. The third-order valence-electron chi connectivity index (χ3n) is 3.16. The number of methoxy groups -OCH3 is 1. The van der Waals surface area contributed by atoms with Gasteiger partial charge in [0.05, 0.1) is 26.1 Å². The van der Waals surface area contributed by atoms with E-state index in [1.807, 2.05) is 0 Å². The van der Waals surface area contributed by atoms with Crippen LogP contribution in [0, 0.1) is 5.92 Å². The molecule has 1 amide bonds. The molecule has 1 aliphatic heterocycles. The molecular formula is C13H21NO5. The lowest BCUT2D eigenvalue weighted by Crippen LogP contribution is -2.42. The van der Waals surface area contributed by atoms with Gasteiger partial charge in [-0.3, -0.25) is 14.4 Å². The fraction of sp³-hybridized carbons (Fsp3) is 0.769. The Balaban J connectivity index is 2.39. The molecule has 1 heterocycles. The van der Waals surface area contributed by atoms with E-state index in [-0.39, 0.29) is 36.6 Å². The summed E-state index contributed by atoms with van der Waals surface area (Å²) in [7, 11) is 1.35. The quantitative estimate of drug-likeness (QED) is 0.690. The number of nitrogens with zero attached hydrogens (tertiary/aromatic N) is 1. The molecule has 19 heavy (non-hydrogen) atoms. The Morgan fingerprint density at radius 1 is 1.26 bits per heavy atom. The van der Waals surface area contributed by atoms with E-state index in [1.165, 1.54) is 7.11 Å². The van der Waals surface area contributed by atoms with E-state index < -0.39 is 0 Å². The Morgan fingerprint density at radius 3 is 2.63 bits per heavy atom. The van der Waals surface area contributed by atoms with Gasteiger partial charge in [0.1, 0.15) is 0 Å². The van der Waals surface area contributed by atoms with Crippen LogP contribution in [0.5, 0.6) is 0 Å². The van der Waals surface area contributed by atoms with Crippen LogP contribution in [0.15, 0.2) is 0 Å². The number of carbonyl (C=O) groups excluding carboxylic acids is 3. The molecule has 0 bridgehead atoms. The number of likely N-dealkylation sites (tertiary alicyclic amines) is 1. The molecular weight excluding hydrogens is 250 g/mol. The summed E-state index contributed by atoms with van der Waals surface area (Å²) in [5, 5.41) is 0. The van der Waals surface area contributed by atoms with E-state index in [2.05, 4.69) is 0 Å². The lowest BCUT2D eigenvalue weighted by atomic mass is 9.98. The van der Waals surface area contributed by atoms with E-state index >= 15 is 0 Å². The fourth-order valence-corrected chi connectivity index (χ4v) is 2.16. The molecule has 1 atom stereocenters. The zero-order chi connectivity index (χ0) is 14.3. The molecule has 0 saturated carbocycles. The van der Waals surface area contributed by atoms with E-state index in [9.17, 15) is 14.4 Å². The first-order valence-corrected chi connectivity index (χ1v) is 6.59. The predicted molar refractivity (Wildman–Crippen MR) is 67.2 cm³/mol. The minimum Gasteiger partial charge on any atom is -0.469 e. The second-order valence-corrected chi connectivity index (χ2v) is 4.51. The lowest BCUT2D eigenvalue weighted by Gasteiger charge is -2.31. The molecule has 1 unspecified atom stereocenters. The van der Waals surface area contributed by atoms with Gasteiger partial charge in [0.2, 0.25) is 5.91 Å². The number of amides is 1. The zero-order valence-electron chi connectivity index (χ0n) is 11.5. The maximum Gasteiger partial charge on any atom is 0.310 e. The maximum absolute atomic E-state index is 11.9. The van der Waals surface area contributed by atoms with Crippen molar-refractivity contribution in [1.82, 2.24) is 4.90 Å². The van der Waals surface area contributed by atoms with Gasteiger partial charge in [-0.1, -0.05) is 0 Å². The molecule has 1 aliphatic rings. The molecule has 1 rings (SSSR count). The largest absolute Gasteiger partial charge is 0.469 e. The first-order valence-electron chi connectivity index (χ1n) is 6.59. The number of hydrogen-bond donors (Lipinski definition) is 0. The Morgan fingerprint density at radius 2 is 2.00 bits per heavy atom. The van der Waals surface area contributed by atoms with Crippen molar-refractivity contribution in [1.29, 1.82) is 0 Å². The Bertz CT molecular complexity index is 342. The lowest BCUT2D eigenvalue weighted by molar-refractivity contribution is -0.150. The number of rotatable bonds is 5. The van der Waals surface area contributed by atoms with Crippen molar-refractivity contribution in [2.45, 2.75) is 32.6 Å². The van der Waals surface area contributed by atoms with E-state index in [1.54, 1.807) is 11.8 Å². The SMILES string of the molecule is CCOC(=O)CCC(=O)N1CCCC(C(=O)OC)C1. The maximum atomic E-state index is 11.9. The van der Waals surface area contributed by atoms with Crippen LogP contribution < -0.4 is 0 Å². The van der Waals surface area contributed by atoms with E-state index in [0.717, 1.165) is 12.8 Å².